The SMILES string of the molecule is CCOC(=O)c1ccccc1Nc1cc(C(=O)NCc2ccccc2C)ccn1. The maximum atomic E-state index is 12.6. The molecule has 148 valence electrons. The van der Waals surface area contributed by atoms with E-state index in [0.717, 1.165) is 11.1 Å². The number of aromatic nitrogens is 1. The summed E-state index contributed by atoms with van der Waals surface area (Å²) in [5, 5.41) is 6.02. The lowest BCUT2D eigenvalue weighted by Gasteiger charge is -2.12. The number of carbonyl (C=O) groups excluding carboxylic acids is 2. The molecule has 0 atom stereocenters. The van der Waals surface area contributed by atoms with Crippen LogP contribution in [-0.2, 0) is 11.3 Å². The van der Waals surface area contributed by atoms with Gasteiger partial charge >= 0.3 is 5.97 Å². The molecule has 0 aliphatic carbocycles. The number of nitrogens with one attached hydrogen (secondary N) is 2. The molecule has 0 radical (unpaired) electrons. The Morgan fingerprint density at radius 2 is 1.79 bits per heavy atom. The zero-order valence-electron chi connectivity index (χ0n) is 16.4. The van der Waals surface area contributed by atoms with Crippen molar-refractivity contribution in [2.24, 2.45) is 0 Å². The second kappa shape index (κ2) is 9.50. The number of anilines is 2. The van der Waals surface area contributed by atoms with E-state index in [1.807, 2.05) is 37.3 Å². The fraction of sp³-hybridized carbons (Fsp3) is 0.174. The van der Waals surface area contributed by atoms with Crippen molar-refractivity contribution in [1.29, 1.82) is 0 Å². The van der Waals surface area contributed by atoms with Gasteiger partial charge in [0, 0.05) is 18.3 Å². The lowest BCUT2D eigenvalue weighted by molar-refractivity contribution is 0.0527. The summed E-state index contributed by atoms with van der Waals surface area (Å²) in [5.41, 5.74) is 3.64. The van der Waals surface area contributed by atoms with Gasteiger partial charge in [0.1, 0.15) is 5.82 Å². The number of para-hydroxylation sites is 1. The van der Waals surface area contributed by atoms with Gasteiger partial charge in [-0.1, -0.05) is 36.4 Å². The van der Waals surface area contributed by atoms with Gasteiger partial charge in [0.25, 0.3) is 5.91 Å². The molecule has 0 fully saturated rings. The lowest BCUT2D eigenvalue weighted by atomic mass is 10.1. The summed E-state index contributed by atoms with van der Waals surface area (Å²) >= 11 is 0. The number of pyridine rings is 1. The van der Waals surface area contributed by atoms with Crippen molar-refractivity contribution in [2.75, 3.05) is 11.9 Å². The van der Waals surface area contributed by atoms with Gasteiger partial charge < -0.3 is 15.4 Å². The number of amides is 1. The monoisotopic (exact) mass is 389 g/mol. The average Bonchev–Trinajstić information content (AvgIpc) is 2.74. The van der Waals surface area contributed by atoms with E-state index in [2.05, 4.69) is 15.6 Å². The van der Waals surface area contributed by atoms with Crippen LogP contribution in [0, 0.1) is 6.92 Å². The number of hydrogen-bond acceptors (Lipinski definition) is 5. The van der Waals surface area contributed by atoms with Crippen LogP contribution in [0.25, 0.3) is 0 Å². The summed E-state index contributed by atoms with van der Waals surface area (Å²) in [5.74, 6) is -0.148. The van der Waals surface area contributed by atoms with E-state index in [9.17, 15) is 9.59 Å². The van der Waals surface area contributed by atoms with Crippen molar-refractivity contribution in [1.82, 2.24) is 10.3 Å². The van der Waals surface area contributed by atoms with Gasteiger partial charge in [0.05, 0.1) is 17.9 Å². The maximum Gasteiger partial charge on any atom is 0.340 e. The molecular formula is C23H23N3O3. The highest BCUT2D eigenvalue weighted by Gasteiger charge is 2.13. The number of rotatable bonds is 7. The summed E-state index contributed by atoms with van der Waals surface area (Å²) in [4.78, 5) is 28.9. The van der Waals surface area contributed by atoms with E-state index < -0.39 is 5.97 Å². The third-order valence-electron chi connectivity index (χ3n) is 4.41. The zero-order chi connectivity index (χ0) is 20.6. The number of ether oxygens (including phenoxy) is 1. The van der Waals surface area contributed by atoms with E-state index in [1.165, 1.54) is 0 Å². The fourth-order valence-electron chi connectivity index (χ4n) is 2.84. The van der Waals surface area contributed by atoms with Crippen molar-refractivity contribution in [3.05, 3.63) is 89.1 Å². The number of nitrogens with zero attached hydrogens (tertiary/aromatic N) is 1. The summed E-state index contributed by atoms with van der Waals surface area (Å²) in [6.07, 6.45) is 1.55. The third kappa shape index (κ3) is 5.19. The normalized spacial score (nSPS) is 10.3. The average molecular weight is 389 g/mol. The van der Waals surface area contributed by atoms with Gasteiger partial charge in [0.2, 0.25) is 0 Å². The Morgan fingerprint density at radius 3 is 2.59 bits per heavy atom. The minimum Gasteiger partial charge on any atom is -0.462 e. The molecule has 2 aromatic carbocycles. The van der Waals surface area contributed by atoms with Crippen LogP contribution >= 0.6 is 0 Å². The highest BCUT2D eigenvalue weighted by atomic mass is 16.5. The quantitative estimate of drug-likeness (QED) is 0.591. The smallest absolute Gasteiger partial charge is 0.340 e. The predicted octanol–water partition coefficient (Wildman–Crippen LogP) is 4.24. The molecule has 0 aliphatic heterocycles. The molecule has 3 aromatic rings. The third-order valence-corrected chi connectivity index (χ3v) is 4.41. The number of aryl methyl sites for hydroxylation is 1. The number of hydrogen-bond donors (Lipinski definition) is 2. The second-order valence-electron chi connectivity index (χ2n) is 6.43. The minimum absolute atomic E-state index is 0.197. The topological polar surface area (TPSA) is 80.3 Å². The summed E-state index contributed by atoms with van der Waals surface area (Å²) in [6, 6.07) is 18.2. The molecule has 6 heteroatoms. The Kier molecular flexibility index (Phi) is 6.58. The summed E-state index contributed by atoms with van der Waals surface area (Å²) in [6.45, 7) is 4.51. The van der Waals surface area contributed by atoms with Crippen LogP contribution < -0.4 is 10.6 Å². The summed E-state index contributed by atoms with van der Waals surface area (Å²) < 4.78 is 5.09. The minimum atomic E-state index is -0.414. The van der Waals surface area contributed by atoms with E-state index in [1.54, 1.807) is 43.5 Å². The zero-order valence-corrected chi connectivity index (χ0v) is 16.4. The first-order chi connectivity index (χ1) is 14.1. The number of benzene rings is 2. The van der Waals surface area contributed by atoms with Crippen molar-refractivity contribution >= 4 is 23.4 Å². The molecule has 0 aliphatic rings. The van der Waals surface area contributed by atoms with Gasteiger partial charge in [-0.05, 0) is 49.2 Å². The van der Waals surface area contributed by atoms with Crippen LogP contribution in [0.15, 0.2) is 66.9 Å². The van der Waals surface area contributed by atoms with Crippen LogP contribution in [0.1, 0.15) is 38.8 Å². The molecule has 1 amide bonds. The van der Waals surface area contributed by atoms with E-state index >= 15 is 0 Å². The Morgan fingerprint density at radius 1 is 1.03 bits per heavy atom. The molecular weight excluding hydrogens is 366 g/mol. The number of esters is 1. The van der Waals surface area contributed by atoms with Crippen LogP contribution in [0.2, 0.25) is 0 Å². The van der Waals surface area contributed by atoms with Gasteiger partial charge in [-0.3, -0.25) is 4.79 Å². The van der Waals surface area contributed by atoms with Crippen molar-refractivity contribution < 1.29 is 14.3 Å². The molecule has 0 saturated heterocycles. The molecule has 6 nitrogen and oxygen atoms in total. The highest BCUT2D eigenvalue weighted by Crippen LogP contribution is 2.21. The van der Waals surface area contributed by atoms with Crippen molar-refractivity contribution in [3.8, 4) is 0 Å². The van der Waals surface area contributed by atoms with Gasteiger partial charge in [-0.25, -0.2) is 9.78 Å². The molecule has 0 bridgehead atoms. The molecule has 1 aromatic heterocycles. The Labute approximate surface area is 169 Å². The fourth-order valence-corrected chi connectivity index (χ4v) is 2.84. The van der Waals surface area contributed by atoms with E-state index in [0.29, 0.717) is 35.8 Å². The molecule has 29 heavy (non-hydrogen) atoms. The first-order valence-electron chi connectivity index (χ1n) is 9.40. The maximum absolute atomic E-state index is 12.6. The molecule has 2 N–H and O–H groups in total. The standard InChI is InChI=1S/C23H23N3O3/c1-3-29-23(28)19-10-6-7-11-20(19)26-21-14-17(12-13-24-21)22(27)25-15-18-9-5-4-8-16(18)2/h4-14H,3,15H2,1-2H3,(H,24,26)(H,25,27). The van der Waals surface area contributed by atoms with Crippen molar-refractivity contribution in [3.63, 3.8) is 0 Å². The first-order valence-corrected chi connectivity index (χ1v) is 9.40. The molecule has 3 rings (SSSR count). The molecule has 1 heterocycles. The largest absolute Gasteiger partial charge is 0.462 e. The van der Waals surface area contributed by atoms with Gasteiger partial charge in [-0.15, -0.1) is 0 Å². The van der Waals surface area contributed by atoms with E-state index in [-0.39, 0.29) is 5.91 Å². The highest BCUT2D eigenvalue weighted by molar-refractivity contribution is 5.97. The Bertz CT molecular complexity index is 1020. The lowest BCUT2D eigenvalue weighted by Crippen LogP contribution is -2.23. The Balaban J connectivity index is 1.72. The van der Waals surface area contributed by atoms with Gasteiger partial charge in [-0.2, -0.15) is 0 Å². The number of carbonyl (C=O) groups is 2. The van der Waals surface area contributed by atoms with Crippen molar-refractivity contribution in [2.45, 2.75) is 20.4 Å². The molecule has 0 unspecified atom stereocenters. The van der Waals surface area contributed by atoms with Gasteiger partial charge in [0.15, 0.2) is 0 Å². The summed E-state index contributed by atoms with van der Waals surface area (Å²) in [7, 11) is 0. The molecule has 0 saturated carbocycles. The van der Waals surface area contributed by atoms with Crippen LogP contribution in [-0.4, -0.2) is 23.5 Å². The second-order valence-corrected chi connectivity index (χ2v) is 6.43. The Hall–Kier alpha value is -3.67. The van der Waals surface area contributed by atoms with E-state index in [4.69, 9.17) is 4.74 Å². The van der Waals surface area contributed by atoms with Crippen LogP contribution in [0.3, 0.4) is 0 Å². The van der Waals surface area contributed by atoms with Crippen LogP contribution in [0.5, 0.6) is 0 Å². The predicted molar refractivity (Wildman–Crippen MR) is 112 cm³/mol. The van der Waals surface area contributed by atoms with Crippen LogP contribution in [0.4, 0.5) is 11.5 Å². The molecule has 0 spiro atoms. The first kappa shape index (κ1) is 20.1.